The van der Waals surface area contributed by atoms with Crippen LogP contribution in [0.4, 0.5) is 0 Å². The average molecular weight is 1200 g/mol. The van der Waals surface area contributed by atoms with E-state index < -0.39 is 0 Å². The van der Waals surface area contributed by atoms with Crippen LogP contribution in [0.3, 0.4) is 0 Å². The molecule has 0 N–H and O–H groups in total. The van der Waals surface area contributed by atoms with Crippen molar-refractivity contribution in [1.29, 1.82) is 0 Å². The van der Waals surface area contributed by atoms with E-state index in [1.54, 1.807) is 0 Å². The molecule has 0 aliphatic rings. The Morgan fingerprint density at radius 2 is 0.533 bits per heavy atom. The van der Waals surface area contributed by atoms with Crippen molar-refractivity contribution in [3.63, 3.8) is 0 Å². The fourth-order valence-corrected chi connectivity index (χ4v) is 17.7. The molecule has 90 heavy (non-hydrogen) atoms. The first kappa shape index (κ1) is 50.0. The van der Waals surface area contributed by atoms with E-state index in [1.807, 2.05) is 34.0 Å². The normalized spacial score (nSPS) is 12.2. The molecule has 5 nitrogen and oxygen atoms in total. The summed E-state index contributed by atoms with van der Waals surface area (Å²) in [6.07, 6.45) is 0. The Kier molecular flexibility index (Phi) is 10.7. The summed E-state index contributed by atoms with van der Waals surface area (Å²) >= 11 is 5.56. The molecule has 418 valence electrons. The van der Waals surface area contributed by atoms with Gasteiger partial charge in [-0.15, -0.1) is 34.0 Å². The van der Waals surface area contributed by atoms with E-state index in [1.165, 1.54) is 93.5 Å². The number of fused-ring (bicyclic) bond motifs is 18. The van der Waals surface area contributed by atoms with Crippen LogP contribution in [0.2, 0.25) is 0 Å². The molecule has 20 rings (SSSR count). The lowest BCUT2D eigenvalue weighted by atomic mass is 10.0. The quantitative estimate of drug-likeness (QED) is 0.160. The molecule has 20 aromatic rings. The summed E-state index contributed by atoms with van der Waals surface area (Å²) in [7, 11) is 0. The summed E-state index contributed by atoms with van der Waals surface area (Å²) in [6.45, 7) is 0. The highest BCUT2D eigenvalue weighted by Gasteiger charge is 2.23. The molecule has 0 saturated carbocycles. The number of hydrogen-bond donors (Lipinski definition) is 0. The lowest BCUT2D eigenvalue weighted by molar-refractivity contribution is 0.952. The molecule has 0 saturated heterocycles. The van der Waals surface area contributed by atoms with Crippen molar-refractivity contribution >= 4 is 160 Å². The topological polar surface area (TPSA) is 40.6 Å². The van der Waals surface area contributed by atoms with E-state index in [0.717, 1.165) is 88.5 Å². The van der Waals surface area contributed by atoms with Crippen LogP contribution in [0.25, 0.3) is 188 Å². The van der Waals surface area contributed by atoms with Gasteiger partial charge in [-0.1, -0.05) is 176 Å². The molecule has 0 spiro atoms. The zero-order valence-corrected chi connectivity index (χ0v) is 50.5. The number of rotatable bonds is 7. The number of benzene rings is 13. The third kappa shape index (κ3) is 7.53. The third-order valence-electron chi connectivity index (χ3n) is 18.7. The smallest absolute Gasteiger partial charge is 0.237 e. The molecule has 8 heteroatoms. The second kappa shape index (κ2) is 19.2. The van der Waals surface area contributed by atoms with E-state index in [0.29, 0.717) is 5.95 Å². The van der Waals surface area contributed by atoms with Crippen LogP contribution in [0, 0.1) is 0 Å². The minimum Gasteiger partial charge on any atom is -0.309 e. The zero-order chi connectivity index (χ0) is 58.7. The van der Waals surface area contributed by atoms with Crippen molar-refractivity contribution in [2.45, 2.75) is 0 Å². The van der Waals surface area contributed by atoms with E-state index in [9.17, 15) is 0 Å². The number of thiophene rings is 3. The minimum absolute atomic E-state index is 0.592. The van der Waals surface area contributed by atoms with Crippen molar-refractivity contribution in [3.8, 4) is 62.1 Å². The monoisotopic (exact) mass is 1200 g/mol. The summed E-state index contributed by atoms with van der Waals surface area (Å²) in [5.41, 5.74) is 16.4. The Hall–Kier alpha value is -11.0. The van der Waals surface area contributed by atoms with E-state index in [-0.39, 0.29) is 0 Å². The Labute approximate surface area is 527 Å². The molecule has 0 atom stereocenters. The SMILES string of the molecule is c1ccc2c(c1)sc1ccc(-c3ccc4c5ccccc5n(-c5ccc(-c6cc(-n7c8ccccc8c8ccc(-c9ccc%10sc%11ccccc%11c%10c9)cc87)nc(-n7c8ccccc8c8ccc(-c9ccc%10sc%11ccccc%11c%10c9)cc87)n6)cc5)c4c3)cc12. The lowest BCUT2D eigenvalue weighted by Gasteiger charge is -2.15. The third-order valence-corrected chi connectivity index (χ3v) is 22.2. The number of aromatic nitrogens is 5. The van der Waals surface area contributed by atoms with Crippen molar-refractivity contribution in [2.24, 2.45) is 0 Å². The highest BCUT2D eigenvalue weighted by Crippen LogP contribution is 2.44. The highest BCUT2D eigenvalue weighted by molar-refractivity contribution is 7.26. The maximum absolute atomic E-state index is 5.79. The van der Waals surface area contributed by atoms with Crippen LogP contribution in [-0.4, -0.2) is 23.7 Å². The predicted octanol–water partition coefficient (Wildman–Crippen LogP) is 23.5. The minimum atomic E-state index is 0.592. The van der Waals surface area contributed by atoms with Gasteiger partial charge < -0.3 is 4.57 Å². The molecule has 7 aromatic heterocycles. The summed E-state index contributed by atoms with van der Waals surface area (Å²) in [5.74, 6) is 1.37. The standard InChI is InChI=1S/C82H47N5S3/c1-7-19-69-56(13-1)59-35-27-52(49-30-38-78-65(41-49)62-16-4-10-22-75(62)88-78)44-72(59)85(69)55-33-25-48(26-34-55)68-47-81(86-70-20-8-2-14-57(70)60-36-28-53(45-73(60)86)50-31-39-79-66(42-50)63-17-5-11-23-76(63)89-79)84-82(83-68)87-71-21-9-3-15-58(71)61-37-29-54(46-74(61)87)51-32-40-80-67(43-51)64-18-6-12-24-77(64)90-80/h1-47H. The maximum atomic E-state index is 5.79. The fourth-order valence-electron chi connectivity index (χ4n) is 14.5. The Morgan fingerprint density at radius 1 is 0.211 bits per heavy atom. The van der Waals surface area contributed by atoms with Gasteiger partial charge in [0.05, 0.1) is 38.8 Å². The summed E-state index contributed by atoms with van der Waals surface area (Å²) in [5, 5.41) is 14.8. The number of nitrogens with zero attached hydrogens (tertiary/aromatic N) is 5. The van der Waals surface area contributed by atoms with Crippen LogP contribution < -0.4 is 0 Å². The van der Waals surface area contributed by atoms with Crippen LogP contribution >= 0.6 is 34.0 Å². The molecule has 0 bridgehead atoms. The largest absolute Gasteiger partial charge is 0.309 e. The van der Waals surface area contributed by atoms with E-state index in [2.05, 4.69) is 299 Å². The Balaban J connectivity index is 0.790. The van der Waals surface area contributed by atoms with Crippen molar-refractivity contribution in [3.05, 3.63) is 285 Å². The molecule has 0 unspecified atom stereocenters. The van der Waals surface area contributed by atoms with Crippen LogP contribution in [0.1, 0.15) is 0 Å². The first-order chi connectivity index (χ1) is 44.6. The lowest BCUT2D eigenvalue weighted by Crippen LogP contribution is -2.07. The molecule has 0 aliphatic heterocycles. The predicted molar refractivity (Wildman–Crippen MR) is 385 cm³/mol. The van der Waals surface area contributed by atoms with Crippen molar-refractivity contribution in [2.75, 3.05) is 0 Å². The van der Waals surface area contributed by atoms with Crippen LogP contribution in [-0.2, 0) is 0 Å². The van der Waals surface area contributed by atoms with Gasteiger partial charge in [-0.25, -0.2) is 4.98 Å². The second-order valence-corrected chi connectivity index (χ2v) is 26.9. The highest BCUT2D eigenvalue weighted by atomic mass is 32.1. The average Bonchev–Trinajstić information content (AvgIpc) is 1.77. The molecule has 0 amide bonds. The molecule has 13 aromatic carbocycles. The van der Waals surface area contributed by atoms with Gasteiger partial charge in [-0.3, -0.25) is 9.13 Å². The second-order valence-electron chi connectivity index (χ2n) is 23.6. The molecule has 0 radical (unpaired) electrons. The zero-order valence-electron chi connectivity index (χ0n) is 48.1. The molecular weight excluding hydrogens is 1150 g/mol. The number of para-hydroxylation sites is 3. The van der Waals surface area contributed by atoms with Gasteiger partial charge in [0.15, 0.2) is 0 Å². The van der Waals surface area contributed by atoms with Gasteiger partial charge in [0.2, 0.25) is 5.95 Å². The first-order valence-electron chi connectivity index (χ1n) is 30.4. The molecular formula is C82H47N5S3. The van der Waals surface area contributed by atoms with Crippen molar-refractivity contribution < 1.29 is 0 Å². The number of hydrogen-bond acceptors (Lipinski definition) is 5. The van der Waals surface area contributed by atoms with Gasteiger partial charge in [0.1, 0.15) is 5.82 Å². The van der Waals surface area contributed by atoms with E-state index in [4.69, 9.17) is 9.97 Å². The van der Waals surface area contributed by atoms with Crippen molar-refractivity contribution in [1.82, 2.24) is 23.7 Å². The van der Waals surface area contributed by atoms with Gasteiger partial charge in [-0.2, -0.15) is 4.98 Å². The summed E-state index contributed by atoms with van der Waals surface area (Å²) in [6, 6.07) is 105. The fraction of sp³-hybridized carbons (Fsp3) is 0. The molecule has 0 fully saturated rings. The Bertz CT molecular complexity index is 6170. The van der Waals surface area contributed by atoms with Gasteiger partial charge in [0.25, 0.3) is 0 Å². The summed E-state index contributed by atoms with van der Waals surface area (Å²) < 4.78 is 14.9. The maximum Gasteiger partial charge on any atom is 0.237 e. The van der Waals surface area contributed by atoms with E-state index >= 15 is 0 Å². The first-order valence-corrected chi connectivity index (χ1v) is 32.9. The van der Waals surface area contributed by atoms with Crippen LogP contribution in [0.5, 0.6) is 0 Å². The molecule has 7 heterocycles. The van der Waals surface area contributed by atoms with Crippen LogP contribution in [0.15, 0.2) is 285 Å². The summed E-state index contributed by atoms with van der Waals surface area (Å²) in [4.78, 5) is 11.5. The van der Waals surface area contributed by atoms with Gasteiger partial charge in [-0.05, 0) is 137 Å². The Morgan fingerprint density at radius 3 is 0.989 bits per heavy atom. The molecule has 0 aliphatic carbocycles. The van der Waals surface area contributed by atoms with Gasteiger partial charge >= 0.3 is 0 Å². The van der Waals surface area contributed by atoms with Gasteiger partial charge in [0, 0.05) is 110 Å².